The molecule has 0 saturated heterocycles. The Labute approximate surface area is 104 Å². The molecule has 0 amide bonds. The highest BCUT2D eigenvalue weighted by Gasteiger charge is 2.21. The zero-order valence-electron chi connectivity index (χ0n) is 7.65. The normalized spacial score (nSPS) is 18.7. The van der Waals surface area contributed by atoms with Gasteiger partial charge in [0.2, 0.25) is 0 Å². The number of hydrogen-bond donors (Lipinski definition) is 0. The summed E-state index contributed by atoms with van der Waals surface area (Å²) in [5, 5.41) is 3.57. The fourth-order valence-electron chi connectivity index (χ4n) is 1.54. The molecule has 0 aromatic heterocycles. The van der Waals surface area contributed by atoms with Gasteiger partial charge in [-0.05, 0) is 57.1 Å². The first-order valence-electron chi connectivity index (χ1n) is 4.39. The lowest BCUT2D eigenvalue weighted by Crippen LogP contribution is -2.20. The van der Waals surface area contributed by atoms with Gasteiger partial charge in [0.1, 0.15) is 5.75 Å². The molecule has 0 spiro atoms. The number of benzene rings is 1. The quantitative estimate of drug-likeness (QED) is 0.432. The third kappa shape index (κ3) is 2.27. The van der Waals surface area contributed by atoms with Crippen LogP contribution in [0.25, 0.3) is 10.4 Å². The predicted molar refractivity (Wildman–Crippen MR) is 63.7 cm³/mol. The molecule has 78 valence electrons. The van der Waals surface area contributed by atoms with Crippen LogP contribution >= 0.6 is 31.9 Å². The van der Waals surface area contributed by atoms with Gasteiger partial charge in [0, 0.05) is 9.38 Å². The molecule has 1 aliphatic heterocycles. The van der Waals surface area contributed by atoms with Crippen molar-refractivity contribution in [1.29, 1.82) is 0 Å². The number of fused-ring (bicyclic) bond motifs is 1. The number of nitrogens with zero attached hydrogens (tertiary/aromatic N) is 3. The van der Waals surface area contributed by atoms with Crippen molar-refractivity contribution in [2.45, 2.75) is 19.1 Å². The van der Waals surface area contributed by atoms with E-state index in [-0.39, 0.29) is 6.23 Å². The summed E-state index contributed by atoms with van der Waals surface area (Å²) in [7, 11) is 0. The minimum absolute atomic E-state index is 0.389. The molecule has 0 unspecified atom stereocenters. The lowest BCUT2D eigenvalue weighted by Gasteiger charge is -2.23. The third-order valence-corrected chi connectivity index (χ3v) is 3.23. The highest BCUT2D eigenvalue weighted by atomic mass is 79.9. The van der Waals surface area contributed by atoms with Crippen molar-refractivity contribution >= 4 is 31.9 Å². The van der Waals surface area contributed by atoms with Crippen LogP contribution in [0.4, 0.5) is 0 Å². The van der Waals surface area contributed by atoms with Crippen LogP contribution in [0.2, 0.25) is 0 Å². The van der Waals surface area contributed by atoms with E-state index in [1.54, 1.807) is 0 Å². The maximum atomic E-state index is 8.34. The topological polar surface area (TPSA) is 58.0 Å². The van der Waals surface area contributed by atoms with Crippen molar-refractivity contribution in [3.05, 3.63) is 37.1 Å². The molecule has 0 saturated carbocycles. The molecule has 15 heavy (non-hydrogen) atoms. The monoisotopic (exact) mass is 331 g/mol. The fraction of sp³-hybridized carbons (Fsp3) is 0.333. The lowest BCUT2D eigenvalue weighted by molar-refractivity contribution is 0.179. The molecular weight excluding hydrogens is 326 g/mol. The summed E-state index contributed by atoms with van der Waals surface area (Å²) in [6.45, 7) is 0. The van der Waals surface area contributed by atoms with E-state index in [0.29, 0.717) is 0 Å². The summed E-state index contributed by atoms with van der Waals surface area (Å²) in [4.78, 5) is 2.75. The average molecular weight is 333 g/mol. The van der Waals surface area contributed by atoms with Gasteiger partial charge in [0.15, 0.2) is 6.23 Å². The van der Waals surface area contributed by atoms with Gasteiger partial charge in [-0.1, -0.05) is 15.9 Å². The smallest absolute Gasteiger partial charge is 0.178 e. The van der Waals surface area contributed by atoms with Gasteiger partial charge in [-0.15, -0.1) is 0 Å². The summed E-state index contributed by atoms with van der Waals surface area (Å²) in [6, 6.07) is 3.93. The molecule has 1 atom stereocenters. The van der Waals surface area contributed by atoms with Gasteiger partial charge in [-0.3, -0.25) is 0 Å². The predicted octanol–water partition coefficient (Wildman–Crippen LogP) is 4.17. The molecule has 0 aliphatic carbocycles. The Morgan fingerprint density at radius 1 is 1.47 bits per heavy atom. The zero-order valence-corrected chi connectivity index (χ0v) is 10.8. The minimum Gasteiger partial charge on any atom is -0.483 e. The molecule has 4 nitrogen and oxygen atoms in total. The Balaban J connectivity index is 2.37. The third-order valence-electron chi connectivity index (χ3n) is 2.18. The van der Waals surface area contributed by atoms with Gasteiger partial charge < -0.3 is 4.74 Å². The molecule has 0 N–H and O–H groups in total. The Kier molecular flexibility index (Phi) is 3.19. The molecule has 6 heteroatoms. The second-order valence-corrected chi connectivity index (χ2v) is 4.96. The number of hydrogen-bond acceptors (Lipinski definition) is 2. The summed E-state index contributed by atoms with van der Waals surface area (Å²) in [5.74, 6) is 0.779. The lowest BCUT2D eigenvalue weighted by atomic mass is 10.1. The van der Waals surface area contributed by atoms with Crippen LogP contribution in [0, 0.1) is 0 Å². The van der Waals surface area contributed by atoms with Crippen LogP contribution in [0.1, 0.15) is 12.0 Å². The number of rotatable bonds is 1. The van der Waals surface area contributed by atoms with Crippen molar-refractivity contribution in [3.63, 3.8) is 0 Å². The maximum Gasteiger partial charge on any atom is 0.178 e. The molecule has 1 aromatic carbocycles. The standard InChI is InChI=1S/C9H7Br2N3O/c10-6-3-5-1-2-8(13-14-12)15-9(5)7(11)4-6/h3-4,8H,1-2H2/t8-/m1/s1. The molecule has 1 aliphatic rings. The molecular formula is C9H7Br2N3O. The molecule has 1 aromatic rings. The second-order valence-electron chi connectivity index (χ2n) is 3.19. The van der Waals surface area contributed by atoms with Gasteiger partial charge in [-0.25, -0.2) is 0 Å². The first-order valence-corrected chi connectivity index (χ1v) is 5.98. The zero-order chi connectivity index (χ0) is 10.8. The fourth-order valence-corrected chi connectivity index (χ4v) is 2.95. The van der Waals surface area contributed by atoms with Gasteiger partial charge >= 0.3 is 0 Å². The van der Waals surface area contributed by atoms with Gasteiger partial charge in [0.05, 0.1) is 4.47 Å². The molecule has 0 bridgehead atoms. The average Bonchev–Trinajstić information content (AvgIpc) is 2.19. The Hall–Kier alpha value is -0.710. The van der Waals surface area contributed by atoms with Crippen LogP contribution in [0.15, 0.2) is 26.2 Å². The van der Waals surface area contributed by atoms with Crippen molar-refractivity contribution in [3.8, 4) is 5.75 Å². The number of ether oxygens (including phenoxy) is 1. The van der Waals surface area contributed by atoms with E-state index < -0.39 is 0 Å². The Morgan fingerprint density at radius 2 is 2.27 bits per heavy atom. The summed E-state index contributed by atoms with van der Waals surface area (Å²) in [5.41, 5.74) is 9.46. The number of aryl methyl sites for hydroxylation is 1. The van der Waals surface area contributed by atoms with Crippen molar-refractivity contribution in [1.82, 2.24) is 0 Å². The van der Waals surface area contributed by atoms with E-state index in [9.17, 15) is 0 Å². The highest BCUT2D eigenvalue weighted by molar-refractivity contribution is 9.11. The molecule has 0 fully saturated rings. The molecule has 2 rings (SSSR count). The number of halogens is 2. The minimum atomic E-state index is -0.389. The molecule has 0 radical (unpaired) electrons. The van der Waals surface area contributed by atoms with E-state index in [0.717, 1.165) is 33.1 Å². The first-order chi connectivity index (χ1) is 7.20. The van der Waals surface area contributed by atoms with Gasteiger partial charge in [0.25, 0.3) is 0 Å². The first kappa shape index (κ1) is 10.8. The van der Waals surface area contributed by atoms with Crippen molar-refractivity contribution in [2.75, 3.05) is 0 Å². The van der Waals surface area contributed by atoms with Gasteiger partial charge in [-0.2, -0.15) is 0 Å². The van der Waals surface area contributed by atoms with E-state index in [2.05, 4.69) is 41.9 Å². The Bertz CT molecular complexity index is 443. The van der Waals surface area contributed by atoms with Crippen LogP contribution in [-0.2, 0) is 6.42 Å². The van der Waals surface area contributed by atoms with E-state index >= 15 is 0 Å². The highest BCUT2D eigenvalue weighted by Crippen LogP contribution is 2.37. The maximum absolute atomic E-state index is 8.34. The second kappa shape index (κ2) is 4.43. The van der Waals surface area contributed by atoms with E-state index in [1.165, 1.54) is 0 Å². The van der Waals surface area contributed by atoms with Crippen molar-refractivity contribution in [2.24, 2.45) is 5.11 Å². The van der Waals surface area contributed by atoms with Crippen LogP contribution in [-0.4, -0.2) is 6.23 Å². The van der Waals surface area contributed by atoms with E-state index in [4.69, 9.17) is 10.3 Å². The summed E-state index contributed by atoms with van der Waals surface area (Å²) in [6.07, 6.45) is 1.19. The van der Waals surface area contributed by atoms with Crippen LogP contribution in [0.3, 0.4) is 0 Å². The van der Waals surface area contributed by atoms with E-state index in [1.807, 2.05) is 12.1 Å². The number of azide groups is 1. The largest absolute Gasteiger partial charge is 0.483 e. The SMILES string of the molecule is [N-]=[N+]=N[C@H]1CCc2cc(Br)cc(Br)c2O1. The van der Waals surface area contributed by atoms with Crippen LogP contribution < -0.4 is 4.74 Å². The summed E-state index contributed by atoms with van der Waals surface area (Å²) >= 11 is 6.84. The Morgan fingerprint density at radius 3 is 3.00 bits per heavy atom. The van der Waals surface area contributed by atoms with Crippen LogP contribution in [0.5, 0.6) is 5.75 Å². The van der Waals surface area contributed by atoms with Crippen molar-refractivity contribution < 1.29 is 4.74 Å². The summed E-state index contributed by atoms with van der Waals surface area (Å²) < 4.78 is 7.46. The molecule has 1 heterocycles.